The van der Waals surface area contributed by atoms with Gasteiger partial charge in [0.15, 0.2) is 0 Å². The topological polar surface area (TPSA) is 55.8 Å². The number of rotatable bonds is 14. The predicted octanol–water partition coefficient (Wildman–Crippen LogP) is 5.72. The van der Waals surface area contributed by atoms with E-state index >= 15 is 0 Å². The number of aliphatic hydroxyl groups is 1. The summed E-state index contributed by atoms with van der Waals surface area (Å²) < 4.78 is 11.8. The summed E-state index contributed by atoms with van der Waals surface area (Å²) in [5.41, 5.74) is 0.796. The Bertz CT molecular complexity index is 951. The van der Waals surface area contributed by atoms with Gasteiger partial charge in [0.1, 0.15) is 6.61 Å². The summed E-state index contributed by atoms with van der Waals surface area (Å²) in [5, 5.41) is 12.7. The molecule has 0 fully saturated rings. The maximum absolute atomic E-state index is 11.6. The molecule has 0 amide bonds. The van der Waals surface area contributed by atoms with Crippen LogP contribution in [0.4, 0.5) is 0 Å². The highest BCUT2D eigenvalue weighted by Gasteiger charge is 2.49. The first kappa shape index (κ1) is 29.5. The Balaban J connectivity index is 1.95. The molecule has 1 atom stereocenters. The van der Waals surface area contributed by atoms with Crippen LogP contribution in [0.3, 0.4) is 0 Å². The van der Waals surface area contributed by atoms with Crippen LogP contribution in [-0.2, 0) is 14.0 Å². The molecule has 36 heavy (non-hydrogen) atoms. The van der Waals surface area contributed by atoms with Gasteiger partial charge >= 0.3 is 5.97 Å². The first-order chi connectivity index (χ1) is 17.2. The van der Waals surface area contributed by atoms with E-state index in [1.165, 1.54) is 16.4 Å². The van der Waals surface area contributed by atoms with Crippen LogP contribution in [0.2, 0.25) is 5.04 Å². The number of aliphatic hydroxyl groups excluding tert-OH is 1. The minimum absolute atomic E-state index is 0.0321. The molecule has 0 aliphatic rings. The van der Waals surface area contributed by atoms with E-state index in [0.717, 1.165) is 24.8 Å². The molecule has 0 saturated heterocycles. The van der Waals surface area contributed by atoms with Crippen molar-refractivity contribution in [1.29, 1.82) is 0 Å². The van der Waals surface area contributed by atoms with Gasteiger partial charge in [0, 0.05) is 0 Å². The summed E-state index contributed by atoms with van der Waals surface area (Å²) in [6.07, 6.45) is 9.69. The summed E-state index contributed by atoms with van der Waals surface area (Å²) in [6.45, 7) is 12.9. The van der Waals surface area contributed by atoms with Gasteiger partial charge in [-0.05, 0) is 47.2 Å². The van der Waals surface area contributed by atoms with Crippen molar-refractivity contribution in [2.45, 2.75) is 64.5 Å². The van der Waals surface area contributed by atoms with E-state index in [-0.39, 0.29) is 18.1 Å². The van der Waals surface area contributed by atoms with Gasteiger partial charge in [-0.1, -0.05) is 112 Å². The zero-order chi connectivity index (χ0) is 26.4. The number of esters is 1. The second-order valence-corrected chi connectivity index (χ2v) is 14.3. The van der Waals surface area contributed by atoms with Crippen molar-refractivity contribution in [3.8, 4) is 0 Å². The summed E-state index contributed by atoms with van der Waals surface area (Å²) in [5.74, 6) is -0.418. The number of hydrogen-bond acceptors (Lipinski definition) is 4. The molecule has 0 spiro atoms. The van der Waals surface area contributed by atoms with Crippen LogP contribution in [0.25, 0.3) is 0 Å². The van der Waals surface area contributed by atoms with Gasteiger partial charge in [0.05, 0.1) is 19.1 Å². The smallest absolute Gasteiger partial charge is 0.309 e. The third-order valence-electron chi connectivity index (χ3n) is 6.27. The van der Waals surface area contributed by atoms with Gasteiger partial charge in [-0.15, -0.1) is 0 Å². The van der Waals surface area contributed by atoms with E-state index < -0.39 is 20.4 Å². The lowest BCUT2D eigenvalue weighted by Crippen LogP contribution is -2.66. The van der Waals surface area contributed by atoms with Gasteiger partial charge in [0.25, 0.3) is 8.32 Å². The van der Waals surface area contributed by atoms with E-state index in [2.05, 4.69) is 100 Å². The molecule has 194 valence electrons. The number of unbranched alkanes of at least 4 members (excludes halogenated alkanes) is 2. The van der Waals surface area contributed by atoms with Crippen LogP contribution in [0.1, 0.15) is 53.4 Å². The second kappa shape index (κ2) is 14.7. The standard InChI is InChI=1S/C31H42O4Si/c1-6-23-34-30(33)25-29(32)26(2)18-12-8-7-9-17-24-35-36(31(3,4)5,27-19-13-10-14-20-27)28-21-15-11-16-22-28/h6,9-11,13-22,29,32H,1,7-8,12,23-25H2,2-5H3/b17-9+,26-18+. The first-order valence-electron chi connectivity index (χ1n) is 12.7. The summed E-state index contributed by atoms with van der Waals surface area (Å²) in [4.78, 5) is 11.6. The summed E-state index contributed by atoms with van der Waals surface area (Å²) in [6, 6.07) is 21.3. The molecule has 0 bridgehead atoms. The third kappa shape index (κ3) is 8.44. The molecule has 2 rings (SSSR count). The fourth-order valence-corrected chi connectivity index (χ4v) is 8.85. The second-order valence-electron chi connectivity index (χ2n) is 10.0. The predicted molar refractivity (Wildman–Crippen MR) is 152 cm³/mol. The maximum atomic E-state index is 11.6. The third-order valence-corrected chi connectivity index (χ3v) is 11.3. The van der Waals surface area contributed by atoms with Crippen molar-refractivity contribution in [3.63, 3.8) is 0 Å². The quantitative estimate of drug-likeness (QED) is 0.154. The van der Waals surface area contributed by atoms with E-state index in [1.54, 1.807) is 0 Å². The highest BCUT2D eigenvalue weighted by Crippen LogP contribution is 2.36. The molecular formula is C31H42O4Si. The lowest BCUT2D eigenvalue weighted by Gasteiger charge is -2.42. The molecule has 1 N–H and O–H groups in total. The van der Waals surface area contributed by atoms with E-state index in [4.69, 9.17) is 9.16 Å². The molecule has 0 radical (unpaired) electrons. The minimum atomic E-state index is -2.51. The fourth-order valence-electron chi connectivity index (χ4n) is 4.35. The lowest BCUT2D eigenvalue weighted by molar-refractivity contribution is -0.144. The monoisotopic (exact) mass is 506 g/mol. The van der Waals surface area contributed by atoms with Crippen LogP contribution < -0.4 is 10.4 Å². The molecule has 0 aliphatic carbocycles. The van der Waals surface area contributed by atoms with Crippen LogP contribution in [-0.4, -0.2) is 38.7 Å². The van der Waals surface area contributed by atoms with Gasteiger partial charge in [-0.3, -0.25) is 4.79 Å². The average molecular weight is 507 g/mol. The molecule has 0 aliphatic heterocycles. The molecule has 5 heteroatoms. The molecule has 0 heterocycles. The SMILES string of the molecule is C=CCOC(=O)CC(O)/C(C)=C/CCC/C=C/CO[Si](c1ccccc1)(c1ccccc1)C(C)(C)C. The van der Waals surface area contributed by atoms with Crippen molar-refractivity contribution in [1.82, 2.24) is 0 Å². The Morgan fingerprint density at radius 3 is 2.08 bits per heavy atom. The largest absolute Gasteiger partial charge is 0.461 e. The van der Waals surface area contributed by atoms with Crippen LogP contribution >= 0.6 is 0 Å². The van der Waals surface area contributed by atoms with Crippen molar-refractivity contribution in [2.24, 2.45) is 0 Å². The number of hydrogen-bond donors (Lipinski definition) is 1. The Morgan fingerprint density at radius 2 is 1.56 bits per heavy atom. The van der Waals surface area contributed by atoms with Crippen LogP contribution in [0.15, 0.2) is 97.1 Å². The normalized spacial score (nSPS) is 13.5. The zero-order valence-electron chi connectivity index (χ0n) is 22.3. The molecule has 2 aromatic carbocycles. The average Bonchev–Trinajstić information content (AvgIpc) is 2.86. The Hall–Kier alpha value is -2.73. The maximum Gasteiger partial charge on any atom is 0.309 e. The zero-order valence-corrected chi connectivity index (χ0v) is 23.3. The van der Waals surface area contributed by atoms with Gasteiger partial charge < -0.3 is 14.3 Å². The molecule has 0 aromatic heterocycles. The number of allylic oxidation sites excluding steroid dienone is 2. The van der Waals surface area contributed by atoms with Crippen LogP contribution in [0.5, 0.6) is 0 Å². The number of ether oxygens (including phenoxy) is 1. The Kier molecular flexibility index (Phi) is 12.1. The highest BCUT2D eigenvalue weighted by atomic mass is 28.4. The lowest BCUT2D eigenvalue weighted by atomic mass is 10.1. The van der Waals surface area contributed by atoms with E-state index in [0.29, 0.717) is 6.61 Å². The molecule has 4 nitrogen and oxygen atoms in total. The Morgan fingerprint density at radius 1 is 0.972 bits per heavy atom. The number of carbonyl (C=O) groups is 1. The van der Waals surface area contributed by atoms with E-state index in [9.17, 15) is 9.90 Å². The summed E-state index contributed by atoms with van der Waals surface area (Å²) >= 11 is 0. The Labute approximate surface area is 218 Å². The number of benzene rings is 2. The van der Waals surface area contributed by atoms with Gasteiger partial charge in [-0.2, -0.15) is 0 Å². The van der Waals surface area contributed by atoms with Crippen molar-refractivity contribution in [3.05, 3.63) is 97.1 Å². The van der Waals surface area contributed by atoms with Crippen molar-refractivity contribution < 1.29 is 19.1 Å². The molecule has 2 aromatic rings. The molecular weight excluding hydrogens is 464 g/mol. The van der Waals surface area contributed by atoms with E-state index in [1.807, 2.05) is 13.0 Å². The minimum Gasteiger partial charge on any atom is -0.461 e. The van der Waals surface area contributed by atoms with Crippen LogP contribution in [0, 0.1) is 0 Å². The van der Waals surface area contributed by atoms with Gasteiger partial charge in [-0.25, -0.2) is 0 Å². The van der Waals surface area contributed by atoms with Gasteiger partial charge in [0.2, 0.25) is 0 Å². The fraction of sp³-hybridized carbons (Fsp3) is 0.387. The number of carbonyl (C=O) groups excluding carboxylic acids is 1. The summed E-state index contributed by atoms with van der Waals surface area (Å²) in [7, 11) is -2.51. The highest BCUT2D eigenvalue weighted by molar-refractivity contribution is 6.99. The van der Waals surface area contributed by atoms with Crippen molar-refractivity contribution in [2.75, 3.05) is 13.2 Å². The first-order valence-corrected chi connectivity index (χ1v) is 14.6. The van der Waals surface area contributed by atoms with Crippen molar-refractivity contribution >= 4 is 24.7 Å². The molecule has 1 unspecified atom stereocenters. The molecule has 0 saturated carbocycles.